The highest BCUT2D eigenvalue weighted by Crippen LogP contribution is 2.21. The molecule has 3 heterocycles. The molecule has 7 heteroatoms. The third-order valence-electron chi connectivity index (χ3n) is 3.82. The predicted molar refractivity (Wildman–Crippen MR) is 85.4 cm³/mol. The normalized spacial score (nSPS) is 18.4. The van der Waals surface area contributed by atoms with Crippen LogP contribution in [0.25, 0.3) is 11.5 Å². The van der Waals surface area contributed by atoms with Gasteiger partial charge in [-0.3, -0.25) is 14.9 Å². The fraction of sp³-hybridized carbons (Fsp3) is 0.467. The summed E-state index contributed by atoms with van der Waals surface area (Å²) < 4.78 is 0. The average molecular weight is 317 g/mol. The topological polar surface area (TPSA) is 74.8 Å². The third kappa shape index (κ3) is 3.47. The number of carbonyl (C=O) groups is 1. The number of piperidine rings is 1. The average Bonchev–Trinajstić information content (AvgIpc) is 3.03. The predicted octanol–water partition coefficient (Wildman–Crippen LogP) is 2.36. The van der Waals surface area contributed by atoms with Crippen LogP contribution in [0.5, 0.6) is 0 Å². The second-order valence-electron chi connectivity index (χ2n) is 5.40. The number of pyridine rings is 1. The van der Waals surface area contributed by atoms with Crippen LogP contribution in [0.4, 0.5) is 0 Å². The minimum atomic E-state index is 0.168. The molecule has 3 rings (SSSR count). The van der Waals surface area contributed by atoms with Crippen LogP contribution in [0.3, 0.4) is 0 Å². The van der Waals surface area contributed by atoms with Gasteiger partial charge in [-0.2, -0.15) is 4.98 Å². The number of rotatable bonds is 4. The standard InChI is InChI=1S/C15H19N5OS/c1-11-6-3-5-9-20(11)13(21)10-22-15-17-14(18-19-15)12-7-2-4-8-16-12/h2,4,7-8,11H,3,5-6,9-10H2,1H3,(H,17,18,19)/t11-/m0/s1. The fourth-order valence-electron chi connectivity index (χ4n) is 2.61. The van der Waals surface area contributed by atoms with Gasteiger partial charge in [0.1, 0.15) is 5.69 Å². The lowest BCUT2D eigenvalue weighted by molar-refractivity contribution is -0.131. The lowest BCUT2D eigenvalue weighted by Crippen LogP contribution is -2.42. The Morgan fingerprint density at radius 1 is 1.45 bits per heavy atom. The Hall–Kier alpha value is -1.89. The lowest BCUT2D eigenvalue weighted by atomic mass is 10.0. The molecule has 1 aliphatic rings. The molecule has 2 aromatic heterocycles. The zero-order valence-corrected chi connectivity index (χ0v) is 13.3. The summed E-state index contributed by atoms with van der Waals surface area (Å²) in [7, 11) is 0. The SMILES string of the molecule is C[C@H]1CCCCN1C(=O)CSc1n[nH]c(-c2ccccn2)n1. The van der Waals surface area contributed by atoms with Gasteiger partial charge >= 0.3 is 0 Å². The maximum atomic E-state index is 12.3. The molecule has 0 aliphatic carbocycles. The molecule has 1 aliphatic heterocycles. The van der Waals surface area contributed by atoms with Crippen molar-refractivity contribution in [1.82, 2.24) is 25.1 Å². The smallest absolute Gasteiger partial charge is 0.233 e. The first kappa shape index (κ1) is 15.0. The van der Waals surface area contributed by atoms with Crippen LogP contribution in [0, 0.1) is 0 Å². The van der Waals surface area contributed by atoms with E-state index in [-0.39, 0.29) is 5.91 Å². The van der Waals surface area contributed by atoms with Crippen molar-refractivity contribution >= 4 is 17.7 Å². The summed E-state index contributed by atoms with van der Waals surface area (Å²) in [5, 5.41) is 7.59. The van der Waals surface area contributed by atoms with Gasteiger partial charge < -0.3 is 4.90 Å². The molecule has 0 aromatic carbocycles. The lowest BCUT2D eigenvalue weighted by Gasteiger charge is -2.33. The number of hydrogen-bond donors (Lipinski definition) is 1. The van der Waals surface area contributed by atoms with Gasteiger partial charge in [-0.05, 0) is 38.3 Å². The maximum Gasteiger partial charge on any atom is 0.233 e. The summed E-state index contributed by atoms with van der Waals surface area (Å²) in [5.74, 6) is 1.17. The first-order valence-corrected chi connectivity index (χ1v) is 8.48. The van der Waals surface area contributed by atoms with E-state index in [1.165, 1.54) is 18.2 Å². The number of aromatic nitrogens is 4. The van der Waals surface area contributed by atoms with Crippen molar-refractivity contribution in [1.29, 1.82) is 0 Å². The van der Waals surface area contributed by atoms with Gasteiger partial charge in [0.15, 0.2) is 5.82 Å². The summed E-state index contributed by atoms with van der Waals surface area (Å²) in [5.41, 5.74) is 0.748. The zero-order valence-electron chi connectivity index (χ0n) is 12.5. The molecule has 1 amide bonds. The number of hydrogen-bond acceptors (Lipinski definition) is 5. The monoisotopic (exact) mass is 317 g/mol. The number of nitrogens with one attached hydrogen (secondary N) is 1. The summed E-state index contributed by atoms with van der Waals surface area (Å²) in [6, 6.07) is 5.97. The Morgan fingerprint density at radius 3 is 3.14 bits per heavy atom. The van der Waals surface area contributed by atoms with E-state index >= 15 is 0 Å². The van der Waals surface area contributed by atoms with Gasteiger partial charge in [-0.1, -0.05) is 17.8 Å². The van der Waals surface area contributed by atoms with E-state index in [2.05, 4.69) is 27.1 Å². The molecule has 1 saturated heterocycles. The minimum absolute atomic E-state index is 0.168. The number of likely N-dealkylation sites (tertiary alicyclic amines) is 1. The fourth-order valence-corrected chi connectivity index (χ4v) is 3.29. The van der Waals surface area contributed by atoms with Crippen LogP contribution in [0.15, 0.2) is 29.6 Å². The van der Waals surface area contributed by atoms with Gasteiger partial charge in [0.05, 0.1) is 5.75 Å². The highest BCUT2D eigenvalue weighted by atomic mass is 32.2. The second kappa shape index (κ2) is 6.91. The second-order valence-corrected chi connectivity index (χ2v) is 6.34. The molecule has 6 nitrogen and oxygen atoms in total. The van der Waals surface area contributed by atoms with Crippen molar-refractivity contribution in [3.05, 3.63) is 24.4 Å². The van der Waals surface area contributed by atoms with E-state index in [9.17, 15) is 4.79 Å². The molecule has 0 unspecified atom stereocenters. The summed E-state index contributed by atoms with van der Waals surface area (Å²) >= 11 is 1.37. The Bertz CT molecular complexity index is 630. The first-order chi connectivity index (χ1) is 10.7. The van der Waals surface area contributed by atoms with Crippen molar-refractivity contribution in [2.75, 3.05) is 12.3 Å². The number of carbonyl (C=O) groups excluding carboxylic acids is 1. The zero-order chi connectivity index (χ0) is 15.4. The van der Waals surface area contributed by atoms with E-state index in [0.717, 1.165) is 25.1 Å². The molecule has 1 fully saturated rings. The number of thioether (sulfide) groups is 1. The highest BCUT2D eigenvalue weighted by Gasteiger charge is 2.23. The molecule has 116 valence electrons. The molecule has 1 atom stereocenters. The molecule has 0 radical (unpaired) electrons. The molecule has 1 N–H and O–H groups in total. The van der Waals surface area contributed by atoms with Gasteiger partial charge in [0.25, 0.3) is 0 Å². The quantitative estimate of drug-likeness (QED) is 0.876. The largest absolute Gasteiger partial charge is 0.339 e. The van der Waals surface area contributed by atoms with Crippen molar-refractivity contribution in [2.24, 2.45) is 0 Å². The van der Waals surface area contributed by atoms with E-state index < -0.39 is 0 Å². The molecular formula is C15H19N5OS. The highest BCUT2D eigenvalue weighted by molar-refractivity contribution is 7.99. The van der Waals surface area contributed by atoms with Gasteiger partial charge in [-0.25, -0.2) is 0 Å². The van der Waals surface area contributed by atoms with Crippen LogP contribution < -0.4 is 0 Å². The Kier molecular flexibility index (Phi) is 4.72. The van der Waals surface area contributed by atoms with E-state index in [4.69, 9.17) is 0 Å². The van der Waals surface area contributed by atoms with E-state index in [0.29, 0.717) is 22.8 Å². The number of nitrogens with zero attached hydrogens (tertiary/aromatic N) is 4. The Morgan fingerprint density at radius 2 is 2.36 bits per heavy atom. The molecule has 0 bridgehead atoms. The van der Waals surface area contributed by atoms with Crippen LogP contribution in [-0.2, 0) is 4.79 Å². The maximum absolute atomic E-state index is 12.3. The molecule has 2 aromatic rings. The Labute approximate surface area is 133 Å². The van der Waals surface area contributed by atoms with Gasteiger partial charge in [-0.15, -0.1) is 5.10 Å². The summed E-state index contributed by atoms with van der Waals surface area (Å²) in [6.45, 7) is 2.99. The molecule has 0 saturated carbocycles. The molecule has 0 spiro atoms. The first-order valence-electron chi connectivity index (χ1n) is 7.50. The minimum Gasteiger partial charge on any atom is -0.339 e. The van der Waals surface area contributed by atoms with Crippen LogP contribution in [0.1, 0.15) is 26.2 Å². The van der Waals surface area contributed by atoms with Crippen LogP contribution >= 0.6 is 11.8 Å². The van der Waals surface area contributed by atoms with Crippen molar-refractivity contribution in [2.45, 2.75) is 37.4 Å². The van der Waals surface area contributed by atoms with Crippen molar-refractivity contribution < 1.29 is 4.79 Å². The van der Waals surface area contributed by atoms with Gasteiger partial charge in [0.2, 0.25) is 11.1 Å². The van der Waals surface area contributed by atoms with Crippen molar-refractivity contribution in [3.63, 3.8) is 0 Å². The van der Waals surface area contributed by atoms with Crippen molar-refractivity contribution in [3.8, 4) is 11.5 Å². The molecule has 22 heavy (non-hydrogen) atoms. The molecular weight excluding hydrogens is 298 g/mol. The van der Waals surface area contributed by atoms with Crippen LogP contribution in [-0.4, -0.2) is 49.3 Å². The number of amides is 1. The number of H-pyrrole nitrogens is 1. The van der Waals surface area contributed by atoms with E-state index in [1.54, 1.807) is 6.20 Å². The summed E-state index contributed by atoms with van der Waals surface area (Å²) in [6.07, 6.45) is 5.13. The third-order valence-corrected chi connectivity index (χ3v) is 4.65. The van der Waals surface area contributed by atoms with Crippen LogP contribution in [0.2, 0.25) is 0 Å². The Balaban J connectivity index is 1.58. The van der Waals surface area contributed by atoms with E-state index in [1.807, 2.05) is 23.1 Å². The summed E-state index contributed by atoms with van der Waals surface area (Å²) in [4.78, 5) is 22.9. The van der Waals surface area contributed by atoms with Gasteiger partial charge in [0, 0.05) is 18.8 Å². The number of aromatic amines is 1.